The predicted octanol–water partition coefficient (Wildman–Crippen LogP) is 3.00. The number of benzene rings is 2. The van der Waals surface area contributed by atoms with Gasteiger partial charge in [0, 0.05) is 18.1 Å². The lowest BCUT2D eigenvalue weighted by atomic mass is 10.1. The van der Waals surface area contributed by atoms with E-state index >= 15 is 0 Å². The fraction of sp³-hybridized carbons (Fsp3) is 0.316. The molecule has 144 valence electrons. The fourth-order valence-corrected chi connectivity index (χ4v) is 4.01. The molecule has 0 saturated heterocycles. The van der Waals surface area contributed by atoms with E-state index in [1.807, 2.05) is 13.8 Å². The average Bonchev–Trinajstić information content (AvgIpc) is 3.00. The van der Waals surface area contributed by atoms with E-state index in [2.05, 4.69) is 9.46 Å². The van der Waals surface area contributed by atoms with Gasteiger partial charge >= 0.3 is 5.97 Å². The first kappa shape index (κ1) is 19.0. The van der Waals surface area contributed by atoms with Crippen molar-refractivity contribution in [2.45, 2.75) is 31.3 Å². The molecule has 0 bridgehead atoms. The van der Waals surface area contributed by atoms with Crippen molar-refractivity contribution in [2.24, 2.45) is 0 Å². The highest BCUT2D eigenvalue weighted by Crippen LogP contribution is 2.38. The lowest BCUT2D eigenvalue weighted by Gasteiger charge is -2.15. The van der Waals surface area contributed by atoms with Gasteiger partial charge in [-0.3, -0.25) is 4.72 Å². The molecule has 0 amide bonds. The van der Waals surface area contributed by atoms with E-state index in [4.69, 9.17) is 9.47 Å². The van der Waals surface area contributed by atoms with Gasteiger partial charge in [-0.1, -0.05) is 6.07 Å². The van der Waals surface area contributed by atoms with Crippen molar-refractivity contribution in [3.05, 3.63) is 47.5 Å². The third kappa shape index (κ3) is 4.00. The molecule has 1 heterocycles. The molecule has 1 atom stereocenters. The number of fused-ring (bicyclic) bond motifs is 1. The zero-order valence-electron chi connectivity index (χ0n) is 15.3. The number of hydrogen-bond acceptors (Lipinski definition) is 6. The van der Waals surface area contributed by atoms with Crippen LogP contribution in [0.4, 0.5) is 5.69 Å². The number of anilines is 1. The smallest absolute Gasteiger partial charge is 0.337 e. The standard InChI is InChI=1S/C19H21NO6S/c1-4-25-18-10-14-8-12(2)26-17(14)11-16(18)20-27(22,23)15-7-5-6-13(9-15)19(21)24-3/h5-7,9-12,20H,4,8H2,1-3H3/t12-/m0/s1. The van der Waals surface area contributed by atoms with Gasteiger partial charge in [-0.25, -0.2) is 13.2 Å². The van der Waals surface area contributed by atoms with Crippen LogP contribution in [-0.4, -0.2) is 34.2 Å². The number of nitrogens with one attached hydrogen (secondary N) is 1. The quantitative estimate of drug-likeness (QED) is 0.761. The maximum absolute atomic E-state index is 12.8. The van der Waals surface area contributed by atoms with Crippen LogP contribution in [-0.2, 0) is 21.2 Å². The van der Waals surface area contributed by atoms with Crippen molar-refractivity contribution in [2.75, 3.05) is 18.4 Å². The second-order valence-electron chi connectivity index (χ2n) is 6.15. The van der Waals surface area contributed by atoms with Gasteiger partial charge in [0.2, 0.25) is 0 Å². The molecule has 0 aromatic heterocycles. The minimum Gasteiger partial charge on any atom is -0.492 e. The maximum atomic E-state index is 12.8. The van der Waals surface area contributed by atoms with E-state index in [0.29, 0.717) is 18.1 Å². The molecule has 1 N–H and O–H groups in total. The number of hydrogen-bond donors (Lipinski definition) is 1. The Morgan fingerprint density at radius 1 is 1.30 bits per heavy atom. The van der Waals surface area contributed by atoms with Crippen molar-refractivity contribution in [1.29, 1.82) is 0 Å². The molecule has 1 aliphatic heterocycles. The normalized spacial score (nSPS) is 15.6. The largest absolute Gasteiger partial charge is 0.492 e. The van der Waals surface area contributed by atoms with Gasteiger partial charge in [0.1, 0.15) is 17.6 Å². The summed E-state index contributed by atoms with van der Waals surface area (Å²) in [6.07, 6.45) is 0.766. The highest BCUT2D eigenvalue weighted by atomic mass is 32.2. The highest BCUT2D eigenvalue weighted by molar-refractivity contribution is 7.92. The van der Waals surface area contributed by atoms with Crippen LogP contribution < -0.4 is 14.2 Å². The van der Waals surface area contributed by atoms with Crippen LogP contribution in [0.15, 0.2) is 41.3 Å². The summed E-state index contributed by atoms with van der Waals surface area (Å²) in [5, 5.41) is 0. The third-order valence-corrected chi connectivity index (χ3v) is 5.47. The Bertz CT molecular complexity index is 970. The molecule has 2 aromatic rings. The Hall–Kier alpha value is -2.74. The molecule has 8 heteroatoms. The maximum Gasteiger partial charge on any atom is 0.337 e. The second-order valence-corrected chi connectivity index (χ2v) is 7.83. The SMILES string of the molecule is CCOc1cc2c(cc1NS(=O)(=O)c1cccc(C(=O)OC)c1)O[C@@H](C)C2. The molecule has 7 nitrogen and oxygen atoms in total. The zero-order chi connectivity index (χ0) is 19.6. The predicted molar refractivity (Wildman–Crippen MR) is 100.0 cm³/mol. The second kappa shape index (κ2) is 7.48. The zero-order valence-corrected chi connectivity index (χ0v) is 16.1. The molecule has 3 rings (SSSR count). The minimum atomic E-state index is -3.94. The number of ether oxygens (including phenoxy) is 3. The summed E-state index contributed by atoms with van der Waals surface area (Å²) in [6.45, 7) is 4.16. The summed E-state index contributed by atoms with van der Waals surface area (Å²) in [5.41, 5.74) is 1.41. The Morgan fingerprint density at radius 3 is 2.78 bits per heavy atom. The Balaban J connectivity index is 1.96. The molecule has 27 heavy (non-hydrogen) atoms. The molecule has 0 spiro atoms. The molecule has 1 aliphatic rings. The number of rotatable bonds is 6. The van der Waals surface area contributed by atoms with Crippen molar-refractivity contribution < 1.29 is 27.4 Å². The first-order chi connectivity index (χ1) is 12.8. The summed E-state index contributed by atoms with van der Waals surface area (Å²) in [4.78, 5) is 11.6. The van der Waals surface area contributed by atoms with Gasteiger partial charge in [0.05, 0.1) is 29.9 Å². The van der Waals surface area contributed by atoms with Crippen molar-refractivity contribution in [3.8, 4) is 11.5 Å². The lowest BCUT2D eigenvalue weighted by molar-refractivity contribution is 0.0600. The van der Waals surface area contributed by atoms with Crippen LogP contribution in [0.25, 0.3) is 0 Å². The summed E-state index contributed by atoms with van der Waals surface area (Å²) in [6, 6.07) is 9.07. The summed E-state index contributed by atoms with van der Waals surface area (Å²) in [5.74, 6) is 0.454. The molecular formula is C19H21NO6S. The number of methoxy groups -OCH3 is 1. The van der Waals surface area contributed by atoms with Crippen molar-refractivity contribution in [1.82, 2.24) is 0 Å². The fourth-order valence-electron chi connectivity index (χ4n) is 2.91. The molecule has 0 saturated carbocycles. The molecule has 0 aliphatic carbocycles. The molecule has 2 aromatic carbocycles. The molecule has 0 unspecified atom stereocenters. The van der Waals surface area contributed by atoms with Crippen LogP contribution in [0.2, 0.25) is 0 Å². The van der Waals surface area contributed by atoms with Crippen LogP contribution in [0.3, 0.4) is 0 Å². The summed E-state index contributed by atoms with van der Waals surface area (Å²) < 4.78 is 44.1. The van der Waals surface area contributed by atoms with Gasteiger partial charge in [0.15, 0.2) is 0 Å². The van der Waals surface area contributed by atoms with E-state index in [9.17, 15) is 13.2 Å². The van der Waals surface area contributed by atoms with E-state index < -0.39 is 16.0 Å². The van der Waals surface area contributed by atoms with Crippen molar-refractivity contribution in [3.63, 3.8) is 0 Å². The van der Waals surface area contributed by atoms with Crippen molar-refractivity contribution >= 4 is 21.7 Å². The van der Waals surface area contributed by atoms with Crippen LogP contribution in [0.5, 0.6) is 11.5 Å². The van der Waals surface area contributed by atoms with E-state index in [-0.39, 0.29) is 22.3 Å². The Labute approximate surface area is 158 Å². The Kier molecular flexibility index (Phi) is 5.27. The monoisotopic (exact) mass is 391 g/mol. The third-order valence-electron chi connectivity index (χ3n) is 4.11. The van der Waals surface area contributed by atoms with Gasteiger partial charge < -0.3 is 14.2 Å². The van der Waals surface area contributed by atoms with E-state index in [1.54, 1.807) is 12.1 Å². The van der Waals surface area contributed by atoms with E-state index in [0.717, 1.165) is 12.0 Å². The summed E-state index contributed by atoms with van der Waals surface area (Å²) >= 11 is 0. The number of sulfonamides is 1. The number of carbonyl (C=O) groups is 1. The summed E-state index contributed by atoms with van der Waals surface area (Å²) in [7, 11) is -2.70. The van der Waals surface area contributed by atoms with Crippen LogP contribution in [0.1, 0.15) is 29.8 Å². The molecule has 0 fully saturated rings. The van der Waals surface area contributed by atoms with Gasteiger partial charge in [-0.2, -0.15) is 0 Å². The van der Waals surface area contributed by atoms with Gasteiger partial charge in [0.25, 0.3) is 10.0 Å². The first-order valence-electron chi connectivity index (χ1n) is 8.51. The first-order valence-corrected chi connectivity index (χ1v) is 10.00. The highest BCUT2D eigenvalue weighted by Gasteiger charge is 2.24. The van der Waals surface area contributed by atoms with E-state index in [1.165, 1.54) is 31.4 Å². The Morgan fingerprint density at radius 2 is 2.07 bits per heavy atom. The topological polar surface area (TPSA) is 90.9 Å². The molecule has 0 radical (unpaired) electrons. The average molecular weight is 391 g/mol. The minimum absolute atomic E-state index is 0.0260. The van der Waals surface area contributed by atoms with Crippen LogP contribution in [0, 0.1) is 0 Å². The number of carbonyl (C=O) groups excluding carboxylic acids is 1. The van der Waals surface area contributed by atoms with Crippen LogP contribution >= 0.6 is 0 Å². The molecular weight excluding hydrogens is 370 g/mol. The van der Waals surface area contributed by atoms with Gasteiger partial charge in [-0.15, -0.1) is 0 Å². The number of esters is 1. The lowest BCUT2D eigenvalue weighted by Crippen LogP contribution is -2.15. The van der Waals surface area contributed by atoms with Gasteiger partial charge in [-0.05, 0) is 38.1 Å².